The quantitative estimate of drug-likeness (QED) is 0.214. The number of aromatic nitrogens is 2. The van der Waals surface area contributed by atoms with Crippen molar-refractivity contribution >= 4 is 29.7 Å². The number of amides is 4. The molecule has 0 unspecified atom stereocenters. The average molecular weight is 786 g/mol. The monoisotopic (exact) mass is 785 g/mol. The largest absolute Gasteiger partial charge is 0.453 e. The van der Waals surface area contributed by atoms with Gasteiger partial charge in [-0.25, -0.2) is 14.6 Å². The molecule has 0 radical (unpaired) electrons. The zero-order valence-electron chi connectivity index (χ0n) is 33.8. The summed E-state index contributed by atoms with van der Waals surface area (Å²) in [6.45, 7) is 7.71. The molecular formula is C45H51N7O6. The summed E-state index contributed by atoms with van der Waals surface area (Å²) < 4.78 is 9.59. The number of fused-ring (bicyclic) bond motifs is 2. The number of hydrogen-bond donors (Lipinski definition) is 3. The van der Waals surface area contributed by atoms with Crippen molar-refractivity contribution in [3.63, 3.8) is 0 Å². The van der Waals surface area contributed by atoms with Gasteiger partial charge in [0.15, 0.2) is 0 Å². The molecule has 4 heterocycles. The Hall–Kier alpha value is -5.90. The second kappa shape index (κ2) is 15.8. The minimum absolute atomic E-state index is 0.0239. The highest BCUT2D eigenvalue weighted by molar-refractivity contribution is 6.04. The number of nitrogens with one attached hydrogen (secondary N) is 3. The van der Waals surface area contributed by atoms with Crippen LogP contribution < -0.4 is 10.6 Å². The third kappa shape index (κ3) is 7.72. The Morgan fingerprint density at radius 2 is 1.22 bits per heavy atom. The van der Waals surface area contributed by atoms with E-state index in [0.717, 1.165) is 70.7 Å². The minimum atomic E-state index is -0.669. The van der Waals surface area contributed by atoms with Gasteiger partial charge in [0.25, 0.3) is 0 Å². The molecule has 58 heavy (non-hydrogen) atoms. The van der Waals surface area contributed by atoms with Crippen molar-refractivity contribution < 1.29 is 28.7 Å². The van der Waals surface area contributed by atoms with Crippen molar-refractivity contribution in [3.8, 4) is 23.2 Å². The van der Waals surface area contributed by atoms with Gasteiger partial charge >= 0.3 is 12.2 Å². The zero-order valence-corrected chi connectivity index (χ0v) is 33.8. The molecule has 3 N–H and O–H groups in total. The predicted octanol–water partition coefficient (Wildman–Crippen LogP) is 5.97. The van der Waals surface area contributed by atoms with Crippen LogP contribution in [-0.2, 0) is 19.1 Å². The van der Waals surface area contributed by atoms with Crippen LogP contribution in [0.5, 0.6) is 0 Å². The summed E-state index contributed by atoms with van der Waals surface area (Å²) in [6, 6.07) is 15.0. The van der Waals surface area contributed by atoms with E-state index >= 15 is 0 Å². The highest BCUT2D eigenvalue weighted by Gasteiger charge is 2.57. The first-order valence-corrected chi connectivity index (χ1v) is 20.3. The average Bonchev–Trinajstić information content (AvgIpc) is 3.81. The molecule has 0 spiro atoms. The fourth-order valence-corrected chi connectivity index (χ4v) is 8.95. The van der Waals surface area contributed by atoms with Gasteiger partial charge in [0.05, 0.1) is 43.9 Å². The lowest BCUT2D eigenvalue weighted by atomic mass is 9.95. The zero-order chi connectivity index (χ0) is 40.8. The van der Waals surface area contributed by atoms with Crippen molar-refractivity contribution in [1.29, 1.82) is 0 Å². The molecule has 4 amide bonds. The van der Waals surface area contributed by atoms with Crippen LogP contribution in [0.15, 0.2) is 71.5 Å². The number of nitrogens with zero attached hydrogens (tertiary/aromatic N) is 4. The van der Waals surface area contributed by atoms with Crippen LogP contribution in [0.25, 0.3) is 11.4 Å². The number of alkyl carbamates (subject to hydrolysis) is 2. The van der Waals surface area contributed by atoms with Gasteiger partial charge in [0, 0.05) is 41.4 Å². The highest BCUT2D eigenvalue weighted by Crippen LogP contribution is 2.54. The molecule has 3 aromatic rings. The van der Waals surface area contributed by atoms with Crippen molar-refractivity contribution in [2.45, 2.75) is 96.1 Å². The van der Waals surface area contributed by atoms with Gasteiger partial charge in [0.2, 0.25) is 11.8 Å². The van der Waals surface area contributed by atoms with Gasteiger partial charge in [-0.3, -0.25) is 14.6 Å². The molecule has 2 aliphatic carbocycles. The number of carbonyl (C=O) groups is 4. The molecule has 2 saturated carbocycles. The molecule has 3 aliphatic heterocycles. The first kappa shape index (κ1) is 38.9. The van der Waals surface area contributed by atoms with E-state index in [1.54, 1.807) is 0 Å². The Morgan fingerprint density at radius 3 is 1.74 bits per heavy atom. The summed E-state index contributed by atoms with van der Waals surface area (Å²) in [6.07, 6.45) is 6.98. The Labute approximate surface area is 339 Å². The Balaban J connectivity index is 0.877. The van der Waals surface area contributed by atoms with E-state index in [4.69, 9.17) is 14.5 Å². The van der Waals surface area contributed by atoms with Crippen LogP contribution in [-0.4, -0.2) is 93.9 Å². The fourth-order valence-electron chi connectivity index (χ4n) is 8.95. The molecule has 0 bridgehead atoms. The van der Waals surface area contributed by atoms with E-state index in [-0.39, 0.29) is 47.8 Å². The summed E-state index contributed by atoms with van der Waals surface area (Å²) in [7, 11) is 2.61. The first-order chi connectivity index (χ1) is 27.9. The minimum Gasteiger partial charge on any atom is -0.453 e. The summed E-state index contributed by atoms with van der Waals surface area (Å²) in [5.41, 5.74) is 6.67. The van der Waals surface area contributed by atoms with E-state index in [9.17, 15) is 19.2 Å². The Kier molecular flexibility index (Phi) is 10.6. The number of carbonyl (C=O) groups excluding carboxylic acids is 4. The van der Waals surface area contributed by atoms with Gasteiger partial charge in [-0.1, -0.05) is 63.8 Å². The van der Waals surface area contributed by atoms with Crippen molar-refractivity contribution in [2.75, 3.05) is 14.2 Å². The maximum absolute atomic E-state index is 13.8. The van der Waals surface area contributed by atoms with Crippen LogP contribution in [0.2, 0.25) is 0 Å². The van der Waals surface area contributed by atoms with Crippen LogP contribution in [0.3, 0.4) is 0 Å². The SMILES string of the molecule is COC(=O)N[C@H](C(=O)N1[C@@H]2C[C@@H]2C[C@H]1C1=CN=C(c2ccc(C#Cc3ccc(-c4ncc([C@@H]5C[C@H]6C[C@H]6N5C(=O)[C@@H](NC(=O)OC)C(C)C)[nH]4)cc3)cc2)C1)C(C)C. The molecule has 2 aromatic carbocycles. The molecular weight excluding hydrogens is 735 g/mol. The highest BCUT2D eigenvalue weighted by atomic mass is 16.5. The number of piperidine rings is 2. The third-order valence-corrected chi connectivity index (χ3v) is 12.4. The lowest BCUT2D eigenvalue weighted by molar-refractivity contribution is -0.137. The summed E-state index contributed by atoms with van der Waals surface area (Å²) >= 11 is 0. The number of ether oxygens (including phenoxy) is 2. The number of imidazole rings is 1. The van der Waals surface area contributed by atoms with Gasteiger partial charge in [-0.15, -0.1) is 0 Å². The second-order valence-corrected chi connectivity index (χ2v) is 16.9. The fraction of sp³-hybridized carbons (Fsp3) is 0.467. The number of aliphatic imine (C=N–C) groups is 1. The van der Waals surface area contributed by atoms with E-state index in [1.807, 2.05) is 98.4 Å². The molecule has 1 aromatic heterocycles. The molecule has 13 nitrogen and oxygen atoms in total. The lowest BCUT2D eigenvalue weighted by Gasteiger charge is -2.33. The molecule has 8 rings (SSSR count). The Morgan fingerprint density at radius 1 is 0.724 bits per heavy atom. The Bertz CT molecular complexity index is 2210. The maximum atomic E-state index is 13.8. The van der Waals surface area contributed by atoms with Crippen molar-refractivity contribution in [1.82, 2.24) is 30.4 Å². The molecule has 4 fully saturated rings. The number of rotatable bonds is 10. The number of H-pyrrole nitrogens is 1. The molecule has 2 saturated heterocycles. The van der Waals surface area contributed by atoms with Crippen molar-refractivity contribution in [2.24, 2.45) is 28.7 Å². The van der Waals surface area contributed by atoms with Gasteiger partial charge < -0.3 is 34.9 Å². The van der Waals surface area contributed by atoms with Gasteiger partial charge in [-0.05, 0) is 84.8 Å². The molecule has 302 valence electrons. The number of methoxy groups -OCH3 is 2. The second-order valence-electron chi connectivity index (χ2n) is 16.9. The molecule has 8 atom stereocenters. The topological polar surface area (TPSA) is 158 Å². The lowest BCUT2D eigenvalue weighted by Crippen LogP contribution is -2.53. The van der Waals surface area contributed by atoms with E-state index in [0.29, 0.717) is 18.3 Å². The number of hydrogen-bond acceptors (Lipinski definition) is 8. The van der Waals surface area contributed by atoms with Gasteiger partial charge in [-0.2, -0.15) is 0 Å². The summed E-state index contributed by atoms with van der Waals surface area (Å²) in [4.78, 5) is 68.4. The first-order valence-electron chi connectivity index (χ1n) is 20.3. The standard InChI is InChI=1S/C45H51N7O6/c1-24(2)39(49-44(55)57-5)42(53)51-35-18-30(35)20-37(51)32-17-33(46-22-32)28-13-9-26(10-14-28)7-8-27-11-15-29(16-12-27)41-47-23-34(48-41)38-21-31-19-36(31)52(38)43(54)40(25(3)4)50-45(56)58-6/h9-16,22-25,30-31,35-40H,17-21H2,1-6H3,(H,47,48)(H,49,55)(H,50,56)/t30-,31-,35-,36-,37+,38+,39+,40+/m1/s1. The van der Waals surface area contributed by atoms with Crippen LogP contribution in [0, 0.1) is 35.5 Å². The van der Waals surface area contributed by atoms with E-state index in [1.165, 1.54) is 14.2 Å². The smallest absolute Gasteiger partial charge is 0.407 e. The summed E-state index contributed by atoms with van der Waals surface area (Å²) in [5.74, 6) is 7.91. The maximum Gasteiger partial charge on any atom is 0.407 e. The van der Waals surface area contributed by atoms with Crippen LogP contribution in [0.1, 0.15) is 88.2 Å². The van der Waals surface area contributed by atoms with Crippen LogP contribution >= 0.6 is 0 Å². The number of likely N-dealkylation sites (tertiary alicyclic amines) is 2. The van der Waals surface area contributed by atoms with Crippen LogP contribution in [0.4, 0.5) is 9.59 Å². The van der Waals surface area contributed by atoms with E-state index in [2.05, 4.69) is 32.4 Å². The normalized spacial score (nSPS) is 24.8. The molecule has 13 heteroatoms. The van der Waals surface area contributed by atoms with Crippen molar-refractivity contribution in [3.05, 3.63) is 88.9 Å². The van der Waals surface area contributed by atoms with E-state index < -0.39 is 24.3 Å². The predicted molar refractivity (Wildman–Crippen MR) is 217 cm³/mol. The number of aromatic amines is 1. The summed E-state index contributed by atoms with van der Waals surface area (Å²) in [5, 5.41) is 5.49. The molecule has 5 aliphatic rings. The van der Waals surface area contributed by atoms with Gasteiger partial charge in [0.1, 0.15) is 17.9 Å². The number of benzene rings is 2. The third-order valence-electron chi connectivity index (χ3n) is 12.4.